The molecule has 5 heteroatoms. The minimum atomic E-state index is -0.877. The number of aromatic nitrogens is 2. The van der Waals surface area contributed by atoms with Crippen LogP contribution in [0.25, 0.3) is 11.0 Å². The molecule has 1 aliphatic rings. The van der Waals surface area contributed by atoms with Crippen molar-refractivity contribution >= 4 is 28.8 Å². The van der Waals surface area contributed by atoms with Crippen LogP contribution in [0.15, 0.2) is 18.2 Å². The second-order valence-corrected chi connectivity index (χ2v) is 5.85. The number of benzene rings is 1. The first kappa shape index (κ1) is 12.5. The van der Waals surface area contributed by atoms with Crippen LogP contribution in [0, 0.1) is 0 Å². The van der Waals surface area contributed by atoms with Crippen LogP contribution in [-0.4, -0.2) is 32.6 Å². The van der Waals surface area contributed by atoms with Gasteiger partial charge in [-0.05, 0) is 31.2 Å². The quantitative estimate of drug-likeness (QED) is 0.912. The first-order chi connectivity index (χ1) is 9.22. The summed E-state index contributed by atoms with van der Waals surface area (Å²) in [5, 5.41) is 9.35. The summed E-state index contributed by atoms with van der Waals surface area (Å²) in [6, 6.07) is 5.34. The van der Waals surface area contributed by atoms with Gasteiger partial charge in [-0.1, -0.05) is 6.07 Å². The van der Waals surface area contributed by atoms with Crippen LogP contribution in [0.2, 0.25) is 0 Å². The molecule has 0 amide bonds. The van der Waals surface area contributed by atoms with E-state index in [2.05, 4.69) is 15.8 Å². The van der Waals surface area contributed by atoms with E-state index in [4.69, 9.17) is 0 Å². The third-order valence-corrected chi connectivity index (χ3v) is 4.08. The van der Waals surface area contributed by atoms with Crippen LogP contribution in [0.5, 0.6) is 0 Å². The number of imidazole rings is 1. The molecular weight excluding hydrogens is 260 g/mol. The fraction of sp³-hybridized carbons (Fsp3) is 0.429. The number of carboxylic acid groups (broad SMARTS) is 1. The molecule has 100 valence electrons. The minimum Gasteiger partial charge on any atom is -0.478 e. The average Bonchev–Trinajstić information content (AvgIpc) is 3.17. The number of para-hydroxylation sites is 1. The maximum absolute atomic E-state index is 11.4. The van der Waals surface area contributed by atoms with Crippen LogP contribution in [0.1, 0.15) is 34.9 Å². The summed E-state index contributed by atoms with van der Waals surface area (Å²) in [7, 11) is 0. The Kier molecular flexibility index (Phi) is 3.22. The van der Waals surface area contributed by atoms with E-state index in [1.54, 1.807) is 23.9 Å². The van der Waals surface area contributed by atoms with Gasteiger partial charge in [-0.3, -0.25) is 0 Å². The van der Waals surface area contributed by atoms with Gasteiger partial charge in [0.25, 0.3) is 0 Å². The molecule has 2 aromatic rings. The van der Waals surface area contributed by atoms with E-state index in [1.165, 1.54) is 12.8 Å². The number of rotatable bonds is 5. The standard InChI is InChI=1S/C14H16N2O2S/c1-19-8-7-16-12-10(14(17)18)3-2-4-11(12)15-13(16)9-5-6-9/h2-4,9H,5-8H2,1H3,(H,17,18). The molecule has 0 saturated heterocycles. The number of hydrogen-bond donors (Lipinski definition) is 1. The Morgan fingerprint density at radius 1 is 1.53 bits per heavy atom. The van der Waals surface area contributed by atoms with Gasteiger partial charge >= 0.3 is 5.97 Å². The van der Waals surface area contributed by atoms with Crippen LogP contribution in [0.3, 0.4) is 0 Å². The number of nitrogens with zero attached hydrogens (tertiary/aromatic N) is 2. The smallest absolute Gasteiger partial charge is 0.337 e. The first-order valence-electron chi connectivity index (χ1n) is 6.43. The topological polar surface area (TPSA) is 55.1 Å². The molecule has 0 atom stereocenters. The molecule has 3 rings (SSSR count). The van der Waals surface area contributed by atoms with E-state index in [0.29, 0.717) is 11.5 Å². The lowest BCUT2D eigenvalue weighted by molar-refractivity contribution is 0.0698. The Morgan fingerprint density at radius 2 is 2.32 bits per heavy atom. The number of hydrogen-bond acceptors (Lipinski definition) is 3. The van der Waals surface area contributed by atoms with E-state index in [9.17, 15) is 9.90 Å². The van der Waals surface area contributed by atoms with Crippen molar-refractivity contribution in [1.29, 1.82) is 0 Å². The molecule has 0 unspecified atom stereocenters. The van der Waals surface area contributed by atoms with Gasteiger partial charge in [0, 0.05) is 18.2 Å². The zero-order chi connectivity index (χ0) is 13.4. The van der Waals surface area contributed by atoms with E-state index in [-0.39, 0.29) is 0 Å². The average molecular weight is 276 g/mol. The molecule has 0 radical (unpaired) electrons. The van der Waals surface area contributed by atoms with Crippen molar-refractivity contribution < 1.29 is 9.90 Å². The van der Waals surface area contributed by atoms with Gasteiger partial charge in [-0.2, -0.15) is 11.8 Å². The van der Waals surface area contributed by atoms with Gasteiger partial charge in [-0.25, -0.2) is 9.78 Å². The molecule has 0 aliphatic heterocycles. The van der Waals surface area contributed by atoms with Gasteiger partial charge in [0.05, 0.1) is 16.6 Å². The highest BCUT2D eigenvalue weighted by Gasteiger charge is 2.30. The first-order valence-corrected chi connectivity index (χ1v) is 7.83. The van der Waals surface area contributed by atoms with Crippen molar-refractivity contribution in [3.8, 4) is 0 Å². The van der Waals surface area contributed by atoms with Crippen molar-refractivity contribution in [2.45, 2.75) is 25.3 Å². The second kappa shape index (κ2) is 4.89. The maximum atomic E-state index is 11.4. The summed E-state index contributed by atoms with van der Waals surface area (Å²) in [6.07, 6.45) is 4.41. The van der Waals surface area contributed by atoms with Crippen LogP contribution >= 0.6 is 11.8 Å². The van der Waals surface area contributed by atoms with E-state index in [0.717, 1.165) is 29.2 Å². The molecule has 4 nitrogen and oxygen atoms in total. The summed E-state index contributed by atoms with van der Waals surface area (Å²) in [5.41, 5.74) is 1.95. The van der Waals surface area contributed by atoms with Gasteiger partial charge < -0.3 is 9.67 Å². The van der Waals surface area contributed by atoms with Crippen LogP contribution in [-0.2, 0) is 6.54 Å². The fourth-order valence-electron chi connectivity index (χ4n) is 2.44. The second-order valence-electron chi connectivity index (χ2n) is 4.87. The molecule has 1 aliphatic carbocycles. The van der Waals surface area contributed by atoms with Crippen LogP contribution in [0.4, 0.5) is 0 Å². The lowest BCUT2D eigenvalue weighted by Crippen LogP contribution is -2.08. The Labute approximate surface area is 115 Å². The fourth-order valence-corrected chi connectivity index (χ4v) is 2.80. The molecular formula is C14H16N2O2S. The predicted molar refractivity (Wildman–Crippen MR) is 77.0 cm³/mol. The SMILES string of the molecule is CSCCn1c(C2CC2)nc2cccc(C(=O)O)c21. The molecule has 1 saturated carbocycles. The summed E-state index contributed by atoms with van der Waals surface area (Å²) in [5.74, 6) is 1.69. The number of carboxylic acids is 1. The summed E-state index contributed by atoms with van der Waals surface area (Å²) >= 11 is 1.77. The zero-order valence-electron chi connectivity index (χ0n) is 10.8. The highest BCUT2D eigenvalue weighted by molar-refractivity contribution is 7.98. The molecule has 1 heterocycles. The third-order valence-electron chi connectivity index (χ3n) is 3.49. The number of fused-ring (bicyclic) bond motifs is 1. The molecule has 1 aromatic carbocycles. The molecule has 19 heavy (non-hydrogen) atoms. The summed E-state index contributed by atoms with van der Waals surface area (Å²) in [4.78, 5) is 16.1. The van der Waals surface area contributed by atoms with E-state index >= 15 is 0 Å². The normalized spacial score (nSPS) is 15.0. The highest BCUT2D eigenvalue weighted by Crippen LogP contribution is 2.41. The predicted octanol–water partition coefficient (Wildman–Crippen LogP) is 2.97. The van der Waals surface area contributed by atoms with Gasteiger partial charge in [0.1, 0.15) is 5.82 Å². The third kappa shape index (κ3) is 2.23. The Morgan fingerprint density at radius 3 is 2.95 bits per heavy atom. The molecule has 0 spiro atoms. The minimum absolute atomic E-state index is 0.359. The van der Waals surface area contributed by atoms with E-state index in [1.807, 2.05) is 6.07 Å². The summed E-state index contributed by atoms with van der Waals surface area (Å²) < 4.78 is 2.12. The van der Waals surface area contributed by atoms with Crippen molar-refractivity contribution in [2.75, 3.05) is 12.0 Å². The van der Waals surface area contributed by atoms with Crippen LogP contribution < -0.4 is 0 Å². The highest BCUT2D eigenvalue weighted by atomic mass is 32.2. The molecule has 0 bridgehead atoms. The Hall–Kier alpha value is -1.49. The number of aryl methyl sites for hydroxylation is 1. The van der Waals surface area contributed by atoms with E-state index < -0.39 is 5.97 Å². The summed E-state index contributed by atoms with van der Waals surface area (Å²) in [6.45, 7) is 0.827. The van der Waals surface area contributed by atoms with Gasteiger partial charge in [-0.15, -0.1) is 0 Å². The number of thioether (sulfide) groups is 1. The number of carbonyl (C=O) groups is 1. The Bertz CT molecular complexity index is 632. The van der Waals surface area contributed by atoms with Crippen molar-refractivity contribution in [3.63, 3.8) is 0 Å². The monoisotopic (exact) mass is 276 g/mol. The van der Waals surface area contributed by atoms with Crippen molar-refractivity contribution in [1.82, 2.24) is 9.55 Å². The van der Waals surface area contributed by atoms with Crippen molar-refractivity contribution in [2.24, 2.45) is 0 Å². The van der Waals surface area contributed by atoms with Gasteiger partial charge in [0.2, 0.25) is 0 Å². The maximum Gasteiger partial charge on any atom is 0.337 e. The molecule has 1 aromatic heterocycles. The van der Waals surface area contributed by atoms with Gasteiger partial charge in [0.15, 0.2) is 0 Å². The molecule has 1 N–H and O–H groups in total. The number of aromatic carboxylic acids is 1. The lowest BCUT2D eigenvalue weighted by Gasteiger charge is -2.09. The Balaban J connectivity index is 2.20. The molecule has 1 fully saturated rings. The lowest BCUT2D eigenvalue weighted by atomic mass is 10.2. The largest absolute Gasteiger partial charge is 0.478 e. The van der Waals surface area contributed by atoms with Crippen molar-refractivity contribution in [3.05, 3.63) is 29.6 Å². The zero-order valence-corrected chi connectivity index (χ0v) is 11.6.